The molecule has 110 valence electrons. The Morgan fingerprint density at radius 2 is 2.25 bits per heavy atom. The summed E-state index contributed by atoms with van der Waals surface area (Å²) in [7, 11) is 3.18. The number of carbonyl (C=O) groups excluding carboxylic acids is 1. The topological polar surface area (TPSA) is 97.4 Å². The van der Waals surface area contributed by atoms with Gasteiger partial charge >= 0.3 is 0 Å². The number of thiophene rings is 1. The Bertz CT molecular complexity index is 508. The second-order valence-corrected chi connectivity index (χ2v) is 5.15. The van der Waals surface area contributed by atoms with Crippen LogP contribution in [0.5, 0.6) is 0 Å². The number of carbonyl (C=O) groups is 1. The van der Waals surface area contributed by atoms with Gasteiger partial charge in [-0.05, 0) is 0 Å². The summed E-state index contributed by atoms with van der Waals surface area (Å²) in [4.78, 5) is 12.2. The minimum absolute atomic E-state index is 0.0581. The van der Waals surface area contributed by atoms with Crippen molar-refractivity contribution < 1.29 is 14.3 Å². The number of ketones is 1. The molecule has 7 heteroatoms. The van der Waals surface area contributed by atoms with Crippen molar-refractivity contribution in [1.29, 1.82) is 5.26 Å². The van der Waals surface area contributed by atoms with E-state index in [4.69, 9.17) is 20.5 Å². The van der Waals surface area contributed by atoms with Crippen molar-refractivity contribution in [2.24, 2.45) is 0 Å². The van der Waals surface area contributed by atoms with E-state index in [1.165, 1.54) is 11.3 Å². The Morgan fingerprint density at radius 1 is 1.55 bits per heavy atom. The molecule has 1 rings (SSSR count). The number of Topliss-reactive ketones (excluding diaryl/α,β-unsaturated/α-hetero) is 1. The first-order valence-electron chi connectivity index (χ1n) is 6.20. The summed E-state index contributed by atoms with van der Waals surface area (Å²) in [6.07, 6.45) is 0.222. The highest BCUT2D eigenvalue weighted by molar-refractivity contribution is 7.19. The third kappa shape index (κ3) is 3.70. The van der Waals surface area contributed by atoms with E-state index in [2.05, 4.69) is 5.32 Å². The Balaban J connectivity index is 2.90. The van der Waals surface area contributed by atoms with E-state index in [-0.39, 0.29) is 17.6 Å². The summed E-state index contributed by atoms with van der Waals surface area (Å²) in [6, 6.07) is 2.04. The summed E-state index contributed by atoms with van der Waals surface area (Å²) in [5.74, 6) is -0.0581. The Morgan fingerprint density at radius 3 is 2.75 bits per heavy atom. The van der Waals surface area contributed by atoms with E-state index in [0.29, 0.717) is 35.0 Å². The molecule has 0 bridgehead atoms. The largest absolute Gasteiger partial charge is 0.396 e. The van der Waals surface area contributed by atoms with Crippen LogP contribution in [0.2, 0.25) is 0 Å². The van der Waals surface area contributed by atoms with Gasteiger partial charge in [0.1, 0.15) is 16.6 Å². The van der Waals surface area contributed by atoms with E-state index < -0.39 is 0 Å². The van der Waals surface area contributed by atoms with Gasteiger partial charge in [0.2, 0.25) is 0 Å². The Hall–Kier alpha value is -1.62. The van der Waals surface area contributed by atoms with Crippen molar-refractivity contribution in [1.82, 2.24) is 0 Å². The zero-order valence-electron chi connectivity index (χ0n) is 11.9. The van der Waals surface area contributed by atoms with Crippen LogP contribution in [-0.2, 0) is 9.47 Å². The molecule has 0 aliphatic heterocycles. The normalized spacial score (nSPS) is 11.9. The molecule has 0 aliphatic rings. The third-order valence-corrected chi connectivity index (χ3v) is 4.01. The van der Waals surface area contributed by atoms with E-state index in [0.717, 1.165) is 0 Å². The van der Waals surface area contributed by atoms with Crippen LogP contribution in [0.3, 0.4) is 0 Å². The first kappa shape index (κ1) is 16.4. The smallest absolute Gasteiger partial charge is 0.174 e. The lowest BCUT2D eigenvalue weighted by Crippen LogP contribution is -2.26. The molecule has 0 aliphatic carbocycles. The van der Waals surface area contributed by atoms with E-state index in [1.807, 2.05) is 6.07 Å². The molecule has 1 atom stereocenters. The average Bonchev–Trinajstić information content (AvgIpc) is 2.78. The molecule has 1 aromatic rings. The highest BCUT2D eigenvalue weighted by Crippen LogP contribution is 2.35. The van der Waals surface area contributed by atoms with Gasteiger partial charge in [-0.1, -0.05) is 6.92 Å². The SMILES string of the molecule is CCC(=O)c1sc(NCC(COC)OC)c(C#N)c1N. The van der Waals surface area contributed by atoms with Gasteiger partial charge in [-0.3, -0.25) is 4.79 Å². The number of nitrogens with zero attached hydrogens (tertiary/aromatic N) is 1. The second-order valence-electron chi connectivity index (χ2n) is 4.13. The van der Waals surface area contributed by atoms with Gasteiger partial charge in [0.15, 0.2) is 5.78 Å². The number of nitrogens with one attached hydrogen (secondary N) is 1. The maximum absolute atomic E-state index is 11.8. The zero-order chi connectivity index (χ0) is 15.1. The van der Waals surface area contributed by atoms with E-state index in [9.17, 15) is 4.79 Å². The van der Waals surface area contributed by atoms with Crippen molar-refractivity contribution in [2.75, 3.05) is 38.4 Å². The fraction of sp³-hybridized carbons (Fsp3) is 0.538. The molecule has 0 saturated carbocycles. The number of hydrogen-bond acceptors (Lipinski definition) is 7. The predicted molar refractivity (Wildman–Crippen MR) is 79.2 cm³/mol. The molecule has 1 unspecified atom stereocenters. The maximum Gasteiger partial charge on any atom is 0.174 e. The fourth-order valence-electron chi connectivity index (χ4n) is 1.65. The van der Waals surface area contributed by atoms with Crippen LogP contribution >= 0.6 is 11.3 Å². The lowest BCUT2D eigenvalue weighted by atomic mass is 10.2. The number of anilines is 2. The highest BCUT2D eigenvalue weighted by atomic mass is 32.1. The number of nitrogen functional groups attached to an aromatic ring is 1. The third-order valence-electron chi connectivity index (χ3n) is 2.81. The monoisotopic (exact) mass is 297 g/mol. The molecule has 0 aromatic carbocycles. The van der Waals surface area contributed by atoms with E-state index >= 15 is 0 Å². The Kier molecular flexibility index (Phi) is 6.45. The zero-order valence-corrected chi connectivity index (χ0v) is 12.7. The number of methoxy groups -OCH3 is 2. The number of rotatable bonds is 8. The van der Waals surface area contributed by atoms with Gasteiger partial charge in [0, 0.05) is 27.2 Å². The van der Waals surface area contributed by atoms with Crippen molar-refractivity contribution in [3.63, 3.8) is 0 Å². The molecular weight excluding hydrogens is 278 g/mol. The van der Waals surface area contributed by atoms with Gasteiger partial charge in [-0.2, -0.15) is 5.26 Å². The van der Waals surface area contributed by atoms with Crippen LogP contribution in [-0.4, -0.2) is 39.3 Å². The predicted octanol–water partition coefficient (Wildman–Crippen LogP) is 1.87. The lowest BCUT2D eigenvalue weighted by molar-refractivity contribution is 0.0366. The van der Waals surface area contributed by atoms with Gasteiger partial charge in [0.05, 0.1) is 23.3 Å². The van der Waals surface area contributed by atoms with Crippen molar-refractivity contribution >= 4 is 27.8 Å². The second kappa shape index (κ2) is 7.85. The highest BCUT2D eigenvalue weighted by Gasteiger charge is 2.20. The molecule has 1 aromatic heterocycles. The molecule has 0 fully saturated rings. The maximum atomic E-state index is 11.8. The van der Waals surface area contributed by atoms with Gasteiger partial charge in [0.25, 0.3) is 0 Å². The van der Waals surface area contributed by atoms with Crippen LogP contribution in [0.25, 0.3) is 0 Å². The first-order valence-corrected chi connectivity index (χ1v) is 7.01. The van der Waals surface area contributed by atoms with Crippen LogP contribution in [0.4, 0.5) is 10.7 Å². The standard InChI is InChI=1S/C13H19N3O3S/c1-4-10(17)12-11(15)9(5-14)13(20-12)16-6-8(19-3)7-18-2/h8,16H,4,6-7,15H2,1-3H3. The summed E-state index contributed by atoms with van der Waals surface area (Å²) < 4.78 is 10.2. The fourth-order valence-corrected chi connectivity index (χ4v) is 2.74. The minimum Gasteiger partial charge on any atom is -0.396 e. The molecular formula is C13H19N3O3S. The molecule has 3 N–H and O–H groups in total. The van der Waals surface area contributed by atoms with Crippen LogP contribution in [0.15, 0.2) is 0 Å². The first-order chi connectivity index (χ1) is 9.58. The quantitative estimate of drug-likeness (QED) is 0.711. The van der Waals surface area contributed by atoms with Gasteiger partial charge in [-0.25, -0.2) is 0 Å². The molecule has 0 radical (unpaired) electrons. The molecule has 20 heavy (non-hydrogen) atoms. The number of nitriles is 1. The number of nitrogens with two attached hydrogens (primary N) is 1. The minimum atomic E-state index is -0.139. The van der Waals surface area contributed by atoms with Crippen molar-refractivity contribution in [3.05, 3.63) is 10.4 Å². The van der Waals surface area contributed by atoms with Gasteiger partial charge in [-0.15, -0.1) is 11.3 Å². The Labute approximate surface area is 122 Å². The van der Waals surface area contributed by atoms with Crippen molar-refractivity contribution in [2.45, 2.75) is 19.4 Å². The molecule has 0 amide bonds. The summed E-state index contributed by atoms with van der Waals surface area (Å²) in [5.41, 5.74) is 6.44. The summed E-state index contributed by atoms with van der Waals surface area (Å²) in [6.45, 7) is 2.67. The molecule has 0 saturated heterocycles. The number of hydrogen-bond donors (Lipinski definition) is 2. The van der Waals surface area contributed by atoms with Crippen LogP contribution < -0.4 is 11.1 Å². The number of ether oxygens (including phenoxy) is 2. The summed E-state index contributed by atoms with van der Waals surface area (Å²) in [5, 5.41) is 12.9. The average molecular weight is 297 g/mol. The van der Waals surface area contributed by atoms with Crippen LogP contribution in [0, 0.1) is 11.3 Å². The molecule has 1 heterocycles. The van der Waals surface area contributed by atoms with Gasteiger partial charge < -0.3 is 20.5 Å². The van der Waals surface area contributed by atoms with Crippen molar-refractivity contribution in [3.8, 4) is 6.07 Å². The molecule has 0 spiro atoms. The summed E-state index contributed by atoms with van der Waals surface area (Å²) >= 11 is 1.21. The lowest BCUT2D eigenvalue weighted by Gasteiger charge is -2.15. The van der Waals surface area contributed by atoms with E-state index in [1.54, 1.807) is 21.1 Å². The van der Waals surface area contributed by atoms with Crippen LogP contribution in [0.1, 0.15) is 28.6 Å². The molecule has 6 nitrogen and oxygen atoms in total.